The van der Waals surface area contributed by atoms with Gasteiger partial charge in [0.1, 0.15) is 6.10 Å². The van der Waals surface area contributed by atoms with Gasteiger partial charge in [0, 0.05) is 5.92 Å². The van der Waals surface area contributed by atoms with Gasteiger partial charge in [0.15, 0.2) is 5.41 Å². The molecule has 0 spiro atoms. The Morgan fingerprint density at radius 2 is 1.96 bits per heavy atom. The third-order valence-corrected chi connectivity index (χ3v) is 5.60. The van der Waals surface area contributed by atoms with Crippen LogP contribution in [0.15, 0.2) is 0 Å². The fourth-order valence-electron chi connectivity index (χ4n) is 3.86. The Bertz CT molecular complexity index is 500. The molecule has 4 atom stereocenters. The minimum absolute atomic E-state index is 0.0399. The average Bonchev–Trinajstić information content (AvgIpc) is 3.06. The molecule has 1 aliphatic heterocycles. The van der Waals surface area contributed by atoms with E-state index in [0.717, 1.165) is 6.42 Å². The molecule has 1 saturated heterocycles. The van der Waals surface area contributed by atoms with Crippen LogP contribution in [0.2, 0.25) is 0 Å². The second-order valence-corrected chi connectivity index (χ2v) is 7.29. The number of rotatable bonds is 2. The summed E-state index contributed by atoms with van der Waals surface area (Å²) in [5, 5.41) is 0. The van der Waals surface area contributed by atoms with Gasteiger partial charge in [0.2, 0.25) is 0 Å². The fraction of sp³-hybridized carbons (Fsp3) is 0.875. The molecule has 23 heavy (non-hydrogen) atoms. The van der Waals surface area contributed by atoms with E-state index in [0.29, 0.717) is 12.8 Å². The van der Waals surface area contributed by atoms with Crippen LogP contribution in [0.5, 0.6) is 0 Å². The highest BCUT2D eigenvalue weighted by molar-refractivity contribution is 5.82. The van der Waals surface area contributed by atoms with Crippen LogP contribution in [0.1, 0.15) is 46.5 Å². The lowest BCUT2D eigenvalue weighted by Crippen LogP contribution is -2.45. The molecule has 0 aromatic rings. The maximum Gasteiger partial charge on any atom is 0.405 e. The summed E-state index contributed by atoms with van der Waals surface area (Å²) in [6.07, 6.45) is -2.97. The molecule has 0 aromatic carbocycles. The van der Waals surface area contributed by atoms with Gasteiger partial charge in [-0.2, -0.15) is 13.2 Å². The van der Waals surface area contributed by atoms with E-state index in [2.05, 4.69) is 4.74 Å². The first kappa shape index (κ1) is 18.1. The van der Waals surface area contributed by atoms with E-state index in [1.165, 1.54) is 7.11 Å². The Morgan fingerprint density at radius 1 is 1.35 bits per heavy atom. The average molecular weight is 336 g/mol. The van der Waals surface area contributed by atoms with Crippen molar-refractivity contribution in [1.29, 1.82) is 0 Å². The molecule has 1 heterocycles. The van der Waals surface area contributed by atoms with Gasteiger partial charge in [-0.25, -0.2) is 0 Å². The predicted octanol–water partition coefficient (Wildman–Crippen LogP) is 3.49. The van der Waals surface area contributed by atoms with Crippen molar-refractivity contribution in [2.24, 2.45) is 22.7 Å². The second-order valence-electron chi connectivity index (χ2n) is 7.29. The number of fused-ring (bicyclic) bond motifs is 1. The molecule has 4 unspecified atom stereocenters. The quantitative estimate of drug-likeness (QED) is 0.725. The Labute approximate surface area is 133 Å². The molecular weight excluding hydrogens is 313 g/mol. The van der Waals surface area contributed by atoms with Crippen LogP contribution in [-0.2, 0) is 19.1 Å². The molecule has 132 valence electrons. The van der Waals surface area contributed by atoms with Crippen LogP contribution in [0.3, 0.4) is 0 Å². The van der Waals surface area contributed by atoms with E-state index in [9.17, 15) is 22.8 Å². The van der Waals surface area contributed by atoms with E-state index in [1.807, 2.05) is 20.8 Å². The topological polar surface area (TPSA) is 52.6 Å². The van der Waals surface area contributed by atoms with E-state index in [4.69, 9.17) is 4.74 Å². The monoisotopic (exact) mass is 336 g/mol. The van der Waals surface area contributed by atoms with Gasteiger partial charge in [-0.05, 0) is 45.4 Å². The maximum atomic E-state index is 12.9. The van der Waals surface area contributed by atoms with E-state index in [-0.39, 0.29) is 23.7 Å². The largest absolute Gasteiger partial charge is 0.469 e. The number of esters is 2. The molecule has 3 aliphatic rings. The number of ether oxygens (including phenoxy) is 2. The lowest BCUT2D eigenvalue weighted by molar-refractivity contribution is -0.229. The molecule has 0 aromatic heterocycles. The van der Waals surface area contributed by atoms with Crippen molar-refractivity contribution in [1.82, 2.24) is 0 Å². The molecule has 4 nitrogen and oxygen atoms in total. The van der Waals surface area contributed by atoms with Gasteiger partial charge < -0.3 is 9.47 Å². The molecular formula is C16H23F3O4. The Kier molecular flexibility index (Phi) is 4.45. The Hall–Kier alpha value is -1.27. The molecule has 0 N–H and O–H groups in total. The van der Waals surface area contributed by atoms with Crippen molar-refractivity contribution >= 4 is 11.9 Å². The van der Waals surface area contributed by atoms with Crippen LogP contribution < -0.4 is 0 Å². The zero-order chi connectivity index (χ0) is 17.6. The van der Waals surface area contributed by atoms with Crippen LogP contribution >= 0.6 is 0 Å². The van der Waals surface area contributed by atoms with E-state index < -0.39 is 29.6 Å². The summed E-state index contributed by atoms with van der Waals surface area (Å²) in [7, 11) is 1.42. The van der Waals surface area contributed by atoms with Crippen molar-refractivity contribution in [2.75, 3.05) is 7.11 Å². The van der Waals surface area contributed by atoms with Crippen molar-refractivity contribution in [3.8, 4) is 0 Å². The molecule has 2 bridgehead atoms. The predicted molar refractivity (Wildman–Crippen MR) is 75.3 cm³/mol. The highest BCUT2D eigenvalue weighted by atomic mass is 19.4. The second kappa shape index (κ2) is 5.67. The molecule has 3 fully saturated rings. The van der Waals surface area contributed by atoms with Gasteiger partial charge in [0.25, 0.3) is 0 Å². The minimum atomic E-state index is -4.43. The summed E-state index contributed by atoms with van der Waals surface area (Å²) in [4.78, 5) is 22.2. The van der Waals surface area contributed by atoms with Crippen LogP contribution in [0.25, 0.3) is 0 Å². The Morgan fingerprint density at radius 3 is 2.30 bits per heavy atom. The van der Waals surface area contributed by atoms with Gasteiger partial charge in [-0.3, -0.25) is 9.59 Å². The molecule has 2 aliphatic carbocycles. The normalized spacial score (nSPS) is 34.7. The number of carbonyl (C=O) groups excluding carboxylic acids is 2. The molecule has 3 rings (SSSR count). The summed E-state index contributed by atoms with van der Waals surface area (Å²) in [6, 6.07) is 0. The first-order valence-electron chi connectivity index (χ1n) is 7.85. The smallest absolute Gasteiger partial charge is 0.405 e. The summed E-state index contributed by atoms with van der Waals surface area (Å²) in [6.45, 7) is 5.72. The number of hydrogen-bond acceptors (Lipinski definition) is 4. The van der Waals surface area contributed by atoms with Crippen LogP contribution in [0.4, 0.5) is 13.2 Å². The van der Waals surface area contributed by atoms with Gasteiger partial charge in [-0.1, -0.05) is 6.92 Å². The number of carbonyl (C=O) groups is 2. The third kappa shape index (κ3) is 2.72. The number of methoxy groups -OCH3 is 1. The Balaban J connectivity index is 0.000000188. The SMILES string of the molecule is CCC(C)(C)C(=O)OC.O=C1OC2CC3CC2C1(C(F)(F)F)C3. The lowest BCUT2D eigenvalue weighted by atomic mass is 9.74. The zero-order valence-corrected chi connectivity index (χ0v) is 13.8. The van der Waals surface area contributed by atoms with E-state index >= 15 is 0 Å². The maximum absolute atomic E-state index is 12.9. The number of alkyl halides is 3. The summed E-state index contributed by atoms with van der Waals surface area (Å²) < 4.78 is 47.9. The highest BCUT2D eigenvalue weighted by Crippen LogP contribution is 2.67. The fourth-order valence-corrected chi connectivity index (χ4v) is 3.86. The summed E-state index contributed by atoms with van der Waals surface area (Å²) >= 11 is 0. The van der Waals surface area contributed by atoms with Crippen LogP contribution in [-0.4, -0.2) is 31.3 Å². The molecule has 0 radical (unpaired) electrons. The van der Waals surface area contributed by atoms with Gasteiger partial charge >= 0.3 is 18.1 Å². The molecule has 0 amide bonds. The van der Waals surface area contributed by atoms with Crippen molar-refractivity contribution in [2.45, 2.75) is 58.7 Å². The zero-order valence-electron chi connectivity index (χ0n) is 13.8. The first-order chi connectivity index (χ1) is 10.5. The lowest BCUT2D eigenvalue weighted by Gasteiger charge is -2.29. The van der Waals surface area contributed by atoms with Gasteiger partial charge in [-0.15, -0.1) is 0 Å². The minimum Gasteiger partial charge on any atom is -0.469 e. The van der Waals surface area contributed by atoms with Crippen molar-refractivity contribution in [3.05, 3.63) is 0 Å². The van der Waals surface area contributed by atoms with Gasteiger partial charge in [0.05, 0.1) is 12.5 Å². The van der Waals surface area contributed by atoms with Crippen molar-refractivity contribution in [3.63, 3.8) is 0 Å². The molecule has 2 saturated carbocycles. The number of hydrogen-bond donors (Lipinski definition) is 0. The standard InChI is InChI=1S/C9H9F3O2.C7H14O2/c10-9(11,12)8-3-4-1-5(8)6(2-4)14-7(8)13;1-5-7(2,3)6(8)9-4/h4-6H,1-3H2;5H2,1-4H3. The van der Waals surface area contributed by atoms with Crippen molar-refractivity contribution < 1.29 is 32.2 Å². The first-order valence-corrected chi connectivity index (χ1v) is 7.85. The van der Waals surface area contributed by atoms with E-state index in [1.54, 1.807) is 0 Å². The number of halogens is 3. The van der Waals surface area contributed by atoms with Crippen LogP contribution in [0, 0.1) is 22.7 Å². The summed E-state index contributed by atoms with van der Waals surface area (Å²) in [5.74, 6) is -1.72. The molecule has 7 heteroatoms. The third-order valence-electron chi connectivity index (χ3n) is 5.60. The summed E-state index contributed by atoms with van der Waals surface area (Å²) in [5.41, 5.74) is -2.45. The highest BCUT2D eigenvalue weighted by Gasteiger charge is 2.77.